The van der Waals surface area contributed by atoms with E-state index in [2.05, 4.69) is 16.0 Å². The summed E-state index contributed by atoms with van der Waals surface area (Å²) in [5, 5.41) is 9.75. The van der Waals surface area contributed by atoms with E-state index in [0.717, 1.165) is 62.5 Å². The first-order valence-electron chi connectivity index (χ1n) is 11.8. The molecule has 1 saturated heterocycles. The van der Waals surface area contributed by atoms with Crippen molar-refractivity contribution < 1.29 is 9.59 Å². The maximum atomic E-state index is 12.7. The summed E-state index contributed by atoms with van der Waals surface area (Å²) in [5.74, 6) is 1.38. The number of carbonyl (C=O) groups excluding carboxylic acids is 2. The molecule has 0 aromatic heterocycles. The van der Waals surface area contributed by atoms with Crippen LogP contribution in [0.1, 0.15) is 64.4 Å². The maximum absolute atomic E-state index is 12.7. The van der Waals surface area contributed by atoms with Gasteiger partial charge in [0, 0.05) is 43.7 Å². The van der Waals surface area contributed by atoms with Crippen LogP contribution in [0.25, 0.3) is 0 Å². The van der Waals surface area contributed by atoms with Crippen molar-refractivity contribution in [2.24, 2.45) is 10.9 Å². The minimum atomic E-state index is 0. The first kappa shape index (κ1) is 26.4. The standard InChI is InChI=1S/C24H37N5O2.HI/c1-3-8-22(30)27-20-12-7-9-18(15-20)16-26-24(25-4-2)28-21-13-14-29(17-21)23(31)19-10-5-6-11-19;/h7,9,12,15,19,21H,3-6,8,10-11,13-14,16-17H2,1-2H3,(H,27,30)(H2,25,26,28);1H. The molecule has 1 unspecified atom stereocenters. The molecule has 3 rings (SSSR count). The molecule has 1 atom stereocenters. The molecule has 1 aliphatic carbocycles. The summed E-state index contributed by atoms with van der Waals surface area (Å²) >= 11 is 0. The van der Waals surface area contributed by atoms with E-state index in [4.69, 9.17) is 4.99 Å². The third kappa shape index (κ3) is 7.94. The van der Waals surface area contributed by atoms with Crippen molar-refractivity contribution in [3.05, 3.63) is 29.8 Å². The Bertz CT molecular complexity index is 779. The molecule has 1 aliphatic heterocycles. The van der Waals surface area contributed by atoms with E-state index in [1.54, 1.807) is 0 Å². The number of halogens is 1. The number of aliphatic imine (C=N–C) groups is 1. The molecule has 0 bridgehead atoms. The molecule has 2 fully saturated rings. The number of benzene rings is 1. The van der Waals surface area contributed by atoms with E-state index in [9.17, 15) is 9.59 Å². The molecule has 1 heterocycles. The van der Waals surface area contributed by atoms with Crippen molar-refractivity contribution in [3.63, 3.8) is 0 Å². The van der Waals surface area contributed by atoms with E-state index in [1.807, 2.05) is 43.0 Å². The van der Waals surface area contributed by atoms with Crippen molar-refractivity contribution in [2.45, 2.75) is 71.4 Å². The zero-order chi connectivity index (χ0) is 22.1. The van der Waals surface area contributed by atoms with Crippen LogP contribution in [-0.2, 0) is 16.1 Å². The summed E-state index contributed by atoms with van der Waals surface area (Å²) in [6.45, 7) is 6.91. The van der Waals surface area contributed by atoms with Gasteiger partial charge in [0.25, 0.3) is 0 Å². The molecule has 2 aliphatic rings. The van der Waals surface area contributed by atoms with Gasteiger partial charge in [-0.1, -0.05) is 31.9 Å². The molecule has 3 N–H and O–H groups in total. The molecule has 178 valence electrons. The van der Waals surface area contributed by atoms with Gasteiger partial charge in [0.1, 0.15) is 0 Å². The number of nitrogens with zero attached hydrogens (tertiary/aromatic N) is 2. The second kappa shape index (κ2) is 13.6. The number of nitrogens with one attached hydrogen (secondary N) is 3. The highest BCUT2D eigenvalue weighted by molar-refractivity contribution is 14.0. The van der Waals surface area contributed by atoms with E-state index in [0.29, 0.717) is 18.9 Å². The van der Waals surface area contributed by atoms with Gasteiger partial charge >= 0.3 is 0 Å². The molecule has 32 heavy (non-hydrogen) atoms. The van der Waals surface area contributed by atoms with E-state index < -0.39 is 0 Å². The maximum Gasteiger partial charge on any atom is 0.225 e. The SMILES string of the molecule is CCCC(=O)Nc1cccc(CN=C(NCC)NC2CCN(C(=O)C3CCCC3)C2)c1.I. The van der Waals surface area contributed by atoms with Gasteiger partial charge < -0.3 is 20.9 Å². The number of amides is 2. The summed E-state index contributed by atoms with van der Waals surface area (Å²) in [7, 11) is 0. The topological polar surface area (TPSA) is 85.8 Å². The van der Waals surface area contributed by atoms with Crippen LogP contribution >= 0.6 is 24.0 Å². The summed E-state index contributed by atoms with van der Waals surface area (Å²) in [6, 6.07) is 8.05. The quantitative estimate of drug-likeness (QED) is 0.258. The normalized spacial score (nSPS) is 18.9. The van der Waals surface area contributed by atoms with Crippen molar-refractivity contribution >= 4 is 47.4 Å². The molecule has 0 radical (unpaired) electrons. The second-order valence-electron chi connectivity index (χ2n) is 8.59. The predicted molar refractivity (Wildman–Crippen MR) is 140 cm³/mol. The Labute approximate surface area is 209 Å². The van der Waals surface area contributed by atoms with Gasteiger partial charge in [0.05, 0.1) is 6.54 Å². The molecule has 1 aromatic carbocycles. The van der Waals surface area contributed by atoms with Crippen LogP contribution in [0.2, 0.25) is 0 Å². The van der Waals surface area contributed by atoms with Crippen LogP contribution in [0.15, 0.2) is 29.3 Å². The predicted octanol–water partition coefficient (Wildman–Crippen LogP) is 3.89. The van der Waals surface area contributed by atoms with Gasteiger partial charge in [-0.25, -0.2) is 4.99 Å². The average Bonchev–Trinajstić information content (AvgIpc) is 3.45. The van der Waals surface area contributed by atoms with Crippen LogP contribution in [0.4, 0.5) is 5.69 Å². The third-order valence-electron chi connectivity index (χ3n) is 6.00. The monoisotopic (exact) mass is 555 g/mol. The van der Waals surface area contributed by atoms with E-state index in [-0.39, 0.29) is 41.8 Å². The third-order valence-corrected chi connectivity index (χ3v) is 6.00. The number of rotatable bonds is 8. The molecule has 8 heteroatoms. The largest absolute Gasteiger partial charge is 0.357 e. The number of guanidine groups is 1. The Balaban J connectivity index is 0.00000363. The summed E-state index contributed by atoms with van der Waals surface area (Å²) in [5.41, 5.74) is 1.84. The van der Waals surface area contributed by atoms with Crippen LogP contribution in [0.3, 0.4) is 0 Å². The highest BCUT2D eigenvalue weighted by Crippen LogP contribution is 2.27. The molecule has 7 nitrogen and oxygen atoms in total. The lowest BCUT2D eigenvalue weighted by Crippen LogP contribution is -2.45. The highest BCUT2D eigenvalue weighted by Gasteiger charge is 2.32. The highest BCUT2D eigenvalue weighted by atomic mass is 127. The zero-order valence-corrected chi connectivity index (χ0v) is 21.7. The Morgan fingerprint density at radius 3 is 2.66 bits per heavy atom. The van der Waals surface area contributed by atoms with Crippen molar-refractivity contribution in [1.82, 2.24) is 15.5 Å². The van der Waals surface area contributed by atoms with Gasteiger partial charge in [-0.3, -0.25) is 9.59 Å². The van der Waals surface area contributed by atoms with Crippen molar-refractivity contribution in [3.8, 4) is 0 Å². The molecular formula is C24H38IN5O2. The van der Waals surface area contributed by atoms with Crippen molar-refractivity contribution in [2.75, 3.05) is 25.0 Å². The van der Waals surface area contributed by atoms with Crippen LogP contribution in [0.5, 0.6) is 0 Å². The fourth-order valence-corrected chi connectivity index (χ4v) is 4.39. The van der Waals surface area contributed by atoms with Gasteiger partial charge in [0.2, 0.25) is 11.8 Å². The number of hydrogen-bond donors (Lipinski definition) is 3. The average molecular weight is 556 g/mol. The van der Waals surface area contributed by atoms with Gasteiger partial charge in [-0.2, -0.15) is 0 Å². The fourth-order valence-electron chi connectivity index (χ4n) is 4.39. The summed E-state index contributed by atoms with van der Waals surface area (Å²) in [4.78, 5) is 31.3. The second-order valence-corrected chi connectivity index (χ2v) is 8.59. The Morgan fingerprint density at radius 1 is 1.16 bits per heavy atom. The fraction of sp³-hybridized carbons (Fsp3) is 0.625. The van der Waals surface area contributed by atoms with Gasteiger partial charge in [-0.05, 0) is 50.3 Å². The molecule has 1 saturated carbocycles. The number of likely N-dealkylation sites (tertiary alicyclic amines) is 1. The smallest absolute Gasteiger partial charge is 0.225 e. The number of hydrogen-bond acceptors (Lipinski definition) is 3. The first-order chi connectivity index (χ1) is 15.1. The lowest BCUT2D eigenvalue weighted by molar-refractivity contribution is -0.134. The molecular weight excluding hydrogens is 517 g/mol. The molecule has 2 amide bonds. The van der Waals surface area contributed by atoms with Crippen LogP contribution in [-0.4, -0.2) is 48.3 Å². The van der Waals surface area contributed by atoms with Crippen LogP contribution in [0, 0.1) is 5.92 Å². The Kier molecular flexibility index (Phi) is 11.3. The van der Waals surface area contributed by atoms with E-state index in [1.165, 1.54) is 12.8 Å². The summed E-state index contributed by atoms with van der Waals surface area (Å²) < 4.78 is 0. The zero-order valence-electron chi connectivity index (χ0n) is 19.4. The molecule has 0 spiro atoms. The summed E-state index contributed by atoms with van der Waals surface area (Å²) in [6.07, 6.45) is 6.78. The van der Waals surface area contributed by atoms with Gasteiger partial charge in [0.15, 0.2) is 5.96 Å². The van der Waals surface area contributed by atoms with Gasteiger partial charge in [-0.15, -0.1) is 24.0 Å². The Hall–Kier alpha value is -1.84. The van der Waals surface area contributed by atoms with Crippen molar-refractivity contribution in [1.29, 1.82) is 0 Å². The van der Waals surface area contributed by atoms with E-state index >= 15 is 0 Å². The Morgan fingerprint density at radius 2 is 1.94 bits per heavy atom. The lowest BCUT2D eigenvalue weighted by Gasteiger charge is -2.21. The van der Waals surface area contributed by atoms with Crippen LogP contribution < -0.4 is 16.0 Å². The number of anilines is 1. The first-order valence-corrected chi connectivity index (χ1v) is 11.8. The minimum Gasteiger partial charge on any atom is -0.357 e. The minimum absolute atomic E-state index is 0. The molecule has 1 aromatic rings. The number of carbonyl (C=O) groups is 2. The lowest BCUT2D eigenvalue weighted by atomic mass is 10.1.